The second-order valence-electron chi connectivity index (χ2n) is 3.80. The Morgan fingerprint density at radius 1 is 1.29 bits per heavy atom. The van der Waals surface area contributed by atoms with Gasteiger partial charge in [-0.25, -0.2) is 0 Å². The van der Waals surface area contributed by atoms with E-state index in [9.17, 15) is 0 Å². The molecule has 0 amide bonds. The quantitative estimate of drug-likeness (QED) is 0.572. The van der Waals surface area contributed by atoms with Gasteiger partial charge in [-0.3, -0.25) is 4.90 Å². The highest BCUT2D eigenvalue weighted by Crippen LogP contribution is 2.01. The van der Waals surface area contributed by atoms with E-state index in [0.29, 0.717) is 0 Å². The van der Waals surface area contributed by atoms with E-state index < -0.39 is 0 Å². The van der Waals surface area contributed by atoms with E-state index in [1.165, 1.54) is 0 Å². The first-order valence-corrected chi connectivity index (χ1v) is 5.28. The molecule has 1 unspecified atom stereocenters. The highest BCUT2D eigenvalue weighted by molar-refractivity contribution is 4.62. The molecule has 0 radical (unpaired) electrons. The predicted molar refractivity (Wildman–Crippen MR) is 60.3 cm³/mol. The van der Waals surface area contributed by atoms with Crippen LogP contribution in [0.3, 0.4) is 0 Å². The lowest BCUT2D eigenvalue weighted by Crippen LogP contribution is -2.42. The second-order valence-corrected chi connectivity index (χ2v) is 3.80. The van der Waals surface area contributed by atoms with Crippen molar-refractivity contribution in [1.82, 2.24) is 9.80 Å². The fraction of sp³-hybridized carbons (Fsp3) is 1.00. The zero-order valence-electron chi connectivity index (χ0n) is 9.99. The molecule has 0 fully saturated rings. The molecule has 0 aromatic heterocycles. The number of hydrogen-bond donors (Lipinski definition) is 1. The standard InChI is InChI=1S/C10H25N3O/c1-5-14-10(9-12(2)3)13(4)8-6-7-11/h10H,5-9,11H2,1-4H3. The van der Waals surface area contributed by atoms with Crippen molar-refractivity contribution in [3.05, 3.63) is 0 Å². The molecule has 4 nitrogen and oxygen atoms in total. The average Bonchev–Trinajstić information content (AvgIpc) is 2.13. The molecule has 0 bridgehead atoms. The fourth-order valence-corrected chi connectivity index (χ4v) is 1.31. The monoisotopic (exact) mass is 203 g/mol. The van der Waals surface area contributed by atoms with Crippen LogP contribution in [0, 0.1) is 0 Å². The first kappa shape index (κ1) is 13.8. The third-order valence-electron chi connectivity index (χ3n) is 2.09. The third-order valence-corrected chi connectivity index (χ3v) is 2.09. The van der Waals surface area contributed by atoms with Crippen molar-refractivity contribution in [2.24, 2.45) is 5.73 Å². The molecule has 0 saturated carbocycles. The smallest absolute Gasteiger partial charge is 0.123 e. The van der Waals surface area contributed by atoms with E-state index in [-0.39, 0.29) is 6.23 Å². The lowest BCUT2D eigenvalue weighted by Gasteiger charge is -2.29. The van der Waals surface area contributed by atoms with Gasteiger partial charge in [0.15, 0.2) is 0 Å². The largest absolute Gasteiger partial charge is 0.362 e. The summed E-state index contributed by atoms with van der Waals surface area (Å²) in [6, 6.07) is 0. The average molecular weight is 203 g/mol. The summed E-state index contributed by atoms with van der Waals surface area (Å²) in [5, 5.41) is 0. The Morgan fingerprint density at radius 2 is 1.93 bits per heavy atom. The Balaban J connectivity index is 3.90. The van der Waals surface area contributed by atoms with Crippen molar-refractivity contribution in [2.75, 3.05) is 47.4 Å². The minimum absolute atomic E-state index is 0.182. The molecule has 1 atom stereocenters. The van der Waals surface area contributed by atoms with E-state index in [4.69, 9.17) is 10.5 Å². The molecule has 0 aromatic carbocycles. The van der Waals surface area contributed by atoms with Crippen LogP contribution in [-0.2, 0) is 4.74 Å². The van der Waals surface area contributed by atoms with Gasteiger partial charge in [0.25, 0.3) is 0 Å². The van der Waals surface area contributed by atoms with E-state index >= 15 is 0 Å². The van der Waals surface area contributed by atoms with Gasteiger partial charge >= 0.3 is 0 Å². The Kier molecular flexibility index (Phi) is 8.08. The molecule has 0 heterocycles. The van der Waals surface area contributed by atoms with Gasteiger partial charge in [0.05, 0.1) is 0 Å². The lowest BCUT2D eigenvalue weighted by atomic mass is 10.3. The molecular formula is C10H25N3O. The van der Waals surface area contributed by atoms with E-state index in [0.717, 1.165) is 32.7 Å². The zero-order valence-corrected chi connectivity index (χ0v) is 9.99. The topological polar surface area (TPSA) is 41.7 Å². The van der Waals surface area contributed by atoms with Crippen molar-refractivity contribution in [2.45, 2.75) is 19.6 Å². The van der Waals surface area contributed by atoms with Gasteiger partial charge in [0.2, 0.25) is 0 Å². The summed E-state index contributed by atoms with van der Waals surface area (Å²) in [6.45, 7) is 5.44. The van der Waals surface area contributed by atoms with Crippen LogP contribution in [0.4, 0.5) is 0 Å². The van der Waals surface area contributed by atoms with Crippen LogP contribution in [0.25, 0.3) is 0 Å². The first-order valence-electron chi connectivity index (χ1n) is 5.28. The summed E-state index contributed by atoms with van der Waals surface area (Å²) in [4.78, 5) is 4.36. The molecule has 86 valence electrons. The van der Waals surface area contributed by atoms with Crippen LogP contribution < -0.4 is 5.73 Å². The van der Waals surface area contributed by atoms with Crippen LogP contribution >= 0.6 is 0 Å². The maximum absolute atomic E-state index is 5.66. The van der Waals surface area contributed by atoms with Crippen LogP contribution in [0.15, 0.2) is 0 Å². The van der Waals surface area contributed by atoms with Crippen molar-refractivity contribution < 1.29 is 4.74 Å². The Hall–Kier alpha value is -0.160. The van der Waals surface area contributed by atoms with Crippen molar-refractivity contribution in [3.8, 4) is 0 Å². The third kappa shape index (κ3) is 6.32. The van der Waals surface area contributed by atoms with Crippen molar-refractivity contribution >= 4 is 0 Å². The number of hydrogen-bond acceptors (Lipinski definition) is 4. The Labute approximate surface area is 88.0 Å². The highest BCUT2D eigenvalue weighted by atomic mass is 16.5. The van der Waals surface area contributed by atoms with Crippen molar-refractivity contribution in [1.29, 1.82) is 0 Å². The van der Waals surface area contributed by atoms with E-state index in [2.05, 4.69) is 30.9 Å². The molecule has 2 N–H and O–H groups in total. The SMILES string of the molecule is CCOC(CN(C)C)N(C)CCCN. The van der Waals surface area contributed by atoms with Crippen molar-refractivity contribution in [3.63, 3.8) is 0 Å². The number of nitrogens with two attached hydrogens (primary N) is 1. The van der Waals surface area contributed by atoms with Crippen LogP contribution in [-0.4, -0.2) is 63.4 Å². The number of likely N-dealkylation sites (N-methyl/N-ethyl adjacent to an activating group) is 2. The number of nitrogens with zero attached hydrogens (tertiary/aromatic N) is 2. The molecule has 0 saturated heterocycles. The van der Waals surface area contributed by atoms with Gasteiger partial charge in [-0.1, -0.05) is 0 Å². The molecule has 0 aliphatic rings. The summed E-state index contributed by atoms with van der Waals surface area (Å²) in [6.07, 6.45) is 1.20. The Morgan fingerprint density at radius 3 is 2.36 bits per heavy atom. The van der Waals surface area contributed by atoms with Crippen LogP contribution in [0.5, 0.6) is 0 Å². The molecule has 0 aromatic rings. The van der Waals surface area contributed by atoms with E-state index in [1.54, 1.807) is 0 Å². The molecule has 0 rings (SSSR count). The van der Waals surface area contributed by atoms with Gasteiger partial charge in [0.1, 0.15) is 6.23 Å². The van der Waals surface area contributed by atoms with Gasteiger partial charge in [-0.2, -0.15) is 0 Å². The minimum atomic E-state index is 0.182. The Bertz CT molecular complexity index is 131. The molecule has 0 spiro atoms. The predicted octanol–water partition coefficient (Wildman–Crippen LogP) is 0.191. The molecule has 14 heavy (non-hydrogen) atoms. The lowest BCUT2D eigenvalue weighted by molar-refractivity contribution is -0.0541. The minimum Gasteiger partial charge on any atom is -0.362 e. The highest BCUT2D eigenvalue weighted by Gasteiger charge is 2.14. The molecule has 0 aliphatic carbocycles. The van der Waals surface area contributed by atoms with Gasteiger partial charge in [-0.05, 0) is 41.0 Å². The summed E-state index contributed by atoms with van der Waals surface area (Å²) in [5.74, 6) is 0. The summed E-state index contributed by atoms with van der Waals surface area (Å²) in [7, 11) is 6.20. The van der Waals surface area contributed by atoms with Gasteiger partial charge in [-0.15, -0.1) is 0 Å². The molecular weight excluding hydrogens is 178 g/mol. The molecule has 0 aliphatic heterocycles. The maximum Gasteiger partial charge on any atom is 0.123 e. The zero-order chi connectivity index (χ0) is 11.0. The second kappa shape index (κ2) is 8.17. The molecule has 4 heteroatoms. The van der Waals surface area contributed by atoms with Gasteiger partial charge in [0, 0.05) is 19.7 Å². The van der Waals surface area contributed by atoms with E-state index in [1.807, 2.05) is 6.92 Å². The normalized spacial score (nSPS) is 13.9. The van der Waals surface area contributed by atoms with Crippen LogP contribution in [0.1, 0.15) is 13.3 Å². The summed E-state index contributed by atoms with van der Waals surface area (Å²) >= 11 is 0. The van der Waals surface area contributed by atoms with Crippen LogP contribution in [0.2, 0.25) is 0 Å². The van der Waals surface area contributed by atoms with Gasteiger partial charge < -0.3 is 15.4 Å². The summed E-state index contributed by atoms with van der Waals surface area (Å²) in [5.41, 5.74) is 5.47. The fourth-order valence-electron chi connectivity index (χ4n) is 1.31. The number of ether oxygens (including phenoxy) is 1. The maximum atomic E-state index is 5.66. The number of rotatable bonds is 8. The first-order chi connectivity index (χ1) is 6.61. The summed E-state index contributed by atoms with van der Waals surface area (Å²) < 4.78 is 5.66.